The van der Waals surface area contributed by atoms with E-state index >= 15 is 0 Å². The molecule has 0 radical (unpaired) electrons. The molecule has 0 heterocycles. The minimum Gasteiger partial charge on any atom is -0.508 e. The maximum Gasteiger partial charge on any atom is 0.513 e. The number of hydrogen-bond acceptors (Lipinski definition) is 1. The highest BCUT2D eigenvalue weighted by molar-refractivity contribution is 6.74. The summed E-state index contributed by atoms with van der Waals surface area (Å²) in [5, 5.41) is 8.65. The van der Waals surface area contributed by atoms with Crippen molar-refractivity contribution in [2.45, 2.75) is 0 Å². The van der Waals surface area contributed by atoms with Gasteiger partial charge in [0.05, 0.1) is 0 Å². The number of para-hydroxylation sites is 1. The van der Waals surface area contributed by atoms with Gasteiger partial charge in [-0.15, -0.1) is 0 Å². The van der Waals surface area contributed by atoms with E-state index in [9.17, 15) is 17.3 Å². The third kappa shape index (κ3) is 1.52. The molecule has 0 spiro atoms. The Morgan fingerprint density at radius 2 is 1.75 bits per heavy atom. The molecule has 1 aromatic carbocycles. The summed E-state index contributed by atoms with van der Waals surface area (Å²) in [5.74, 6) is -2.59. The highest BCUT2D eigenvalue weighted by atomic mass is 19.4. The first-order valence-electron chi connectivity index (χ1n) is 3.10. The third-order valence-electron chi connectivity index (χ3n) is 1.37. The Morgan fingerprint density at radius 1 is 1.17 bits per heavy atom. The van der Waals surface area contributed by atoms with Crippen molar-refractivity contribution in [1.82, 2.24) is 0 Å². The fraction of sp³-hybridized carbons (Fsp3) is 0. The Hall–Kier alpha value is -1.20. The third-order valence-corrected chi connectivity index (χ3v) is 1.37. The van der Waals surface area contributed by atoms with Crippen molar-refractivity contribution < 1.29 is 22.4 Å². The first-order chi connectivity index (χ1) is 5.43. The van der Waals surface area contributed by atoms with Crippen molar-refractivity contribution in [1.29, 1.82) is 0 Å². The van der Waals surface area contributed by atoms with E-state index in [1.54, 1.807) is 0 Å². The summed E-state index contributed by atoms with van der Waals surface area (Å²) in [6, 6.07) is 2.30. The van der Waals surface area contributed by atoms with Crippen LogP contribution < -0.4 is 5.46 Å². The van der Waals surface area contributed by atoms with Crippen molar-refractivity contribution in [3.05, 3.63) is 24.0 Å². The van der Waals surface area contributed by atoms with Gasteiger partial charge in [-0.3, -0.25) is 0 Å². The van der Waals surface area contributed by atoms with Crippen LogP contribution in [0.4, 0.5) is 17.3 Å². The minimum atomic E-state index is -5.34. The van der Waals surface area contributed by atoms with E-state index in [-0.39, 0.29) is 0 Å². The molecular formula is C6H4BF4O-. The number of benzene rings is 1. The van der Waals surface area contributed by atoms with Gasteiger partial charge in [-0.05, 0) is 6.07 Å². The van der Waals surface area contributed by atoms with Crippen LogP contribution in [0.25, 0.3) is 0 Å². The summed E-state index contributed by atoms with van der Waals surface area (Å²) >= 11 is 0. The zero-order chi connectivity index (χ0) is 9.35. The van der Waals surface area contributed by atoms with Gasteiger partial charge in [0.1, 0.15) is 5.75 Å². The molecule has 66 valence electrons. The zero-order valence-corrected chi connectivity index (χ0v) is 5.77. The van der Waals surface area contributed by atoms with Gasteiger partial charge in [-0.2, -0.15) is 0 Å². The summed E-state index contributed by atoms with van der Waals surface area (Å²) < 4.78 is 48.3. The van der Waals surface area contributed by atoms with Gasteiger partial charge in [0.15, 0.2) is 5.82 Å². The Kier molecular flexibility index (Phi) is 2.00. The number of rotatable bonds is 1. The summed E-state index contributed by atoms with van der Waals surface area (Å²) in [6.45, 7) is -5.34. The fourth-order valence-corrected chi connectivity index (χ4v) is 0.796. The lowest BCUT2D eigenvalue weighted by Crippen LogP contribution is -2.34. The molecule has 0 atom stereocenters. The van der Waals surface area contributed by atoms with Gasteiger partial charge in [-0.1, -0.05) is 17.6 Å². The van der Waals surface area contributed by atoms with Gasteiger partial charge in [-0.25, -0.2) is 4.39 Å². The fourth-order valence-electron chi connectivity index (χ4n) is 0.796. The summed E-state index contributed by atoms with van der Waals surface area (Å²) in [7, 11) is 0. The van der Waals surface area contributed by atoms with Crippen LogP contribution in [0.1, 0.15) is 0 Å². The average Bonchev–Trinajstić information content (AvgIpc) is 1.92. The molecule has 1 rings (SSSR count). The summed E-state index contributed by atoms with van der Waals surface area (Å²) in [4.78, 5) is 0. The lowest BCUT2D eigenvalue weighted by molar-refractivity contribution is 0.428. The topological polar surface area (TPSA) is 20.2 Å². The van der Waals surface area contributed by atoms with Crippen molar-refractivity contribution in [3.63, 3.8) is 0 Å². The van der Waals surface area contributed by atoms with Crippen LogP contribution in [-0.2, 0) is 0 Å². The molecule has 0 aliphatic heterocycles. The number of phenols is 1. The van der Waals surface area contributed by atoms with Crippen LogP contribution >= 0.6 is 0 Å². The highest BCUT2D eigenvalue weighted by Gasteiger charge is 2.29. The molecule has 1 N–H and O–H groups in total. The van der Waals surface area contributed by atoms with E-state index in [4.69, 9.17) is 5.11 Å². The van der Waals surface area contributed by atoms with E-state index in [1.165, 1.54) is 0 Å². The van der Waals surface area contributed by atoms with Gasteiger partial charge in [0.2, 0.25) is 0 Å². The molecule has 12 heavy (non-hydrogen) atoms. The van der Waals surface area contributed by atoms with Crippen molar-refractivity contribution >= 4 is 12.4 Å². The predicted octanol–water partition coefficient (Wildman–Crippen LogP) is 1.59. The molecule has 0 amide bonds. The monoisotopic (exact) mass is 179 g/mol. The molecule has 0 aliphatic carbocycles. The molecule has 1 aromatic rings. The number of phenolic OH excluding ortho intramolecular Hbond substituents is 1. The van der Waals surface area contributed by atoms with Crippen LogP contribution in [0.5, 0.6) is 5.75 Å². The van der Waals surface area contributed by atoms with Crippen molar-refractivity contribution in [2.24, 2.45) is 0 Å². The Morgan fingerprint density at radius 3 is 2.17 bits per heavy atom. The second-order valence-electron chi connectivity index (χ2n) is 2.25. The van der Waals surface area contributed by atoms with Crippen LogP contribution in [0.15, 0.2) is 18.2 Å². The van der Waals surface area contributed by atoms with Gasteiger partial charge < -0.3 is 18.1 Å². The SMILES string of the molecule is Oc1c(F)cccc1[B-](F)(F)F. The smallest absolute Gasteiger partial charge is 0.508 e. The lowest BCUT2D eigenvalue weighted by atomic mass is 9.79. The van der Waals surface area contributed by atoms with Crippen LogP contribution in [0, 0.1) is 5.82 Å². The zero-order valence-electron chi connectivity index (χ0n) is 5.77. The molecule has 0 unspecified atom stereocenters. The molecule has 0 saturated heterocycles. The molecular weight excluding hydrogens is 175 g/mol. The number of halogens is 4. The second kappa shape index (κ2) is 2.69. The average molecular weight is 179 g/mol. The van der Waals surface area contributed by atoms with Crippen LogP contribution in [0.3, 0.4) is 0 Å². The molecule has 0 saturated carbocycles. The number of hydrogen-bond donors (Lipinski definition) is 1. The molecule has 0 bridgehead atoms. The molecule has 6 heteroatoms. The minimum absolute atomic E-state index is 0.637. The standard InChI is InChI=1S/C6H4BF4O/c8-5-3-1-2-4(6(5)12)7(9,10)11/h1-3,12H/q-1. The van der Waals surface area contributed by atoms with E-state index < -0.39 is 24.0 Å². The van der Waals surface area contributed by atoms with Gasteiger partial charge >= 0.3 is 6.98 Å². The molecule has 0 fully saturated rings. The van der Waals surface area contributed by atoms with E-state index in [1.807, 2.05) is 0 Å². The maximum atomic E-state index is 12.4. The highest BCUT2D eigenvalue weighted by Crippen LogP contribution is 2.18. The second-order valence-corrected chi connectivity index (χ2v) is 2.25. The molecule has 0 aliphatic rings. The molecule has 0 aromatic heterocycles. The van der Waals surface area contributed by atoms with Crippen LogP contribution in [-0.4, -0.2) is 12.1 Å². The Bertz CT molecular complexity index is 296. The quantitative estimate of drug-likeness (QED) is 0.512. The first kappa shape index (κ1) is 8.90. The first-order valence-corrected chi connectivity index (χ1v) is 3.10. The van der Waals surface area contributed by atoms with Crippen molar-refractivity contribution in [2.75, 3.05) is 0 Å². The van der Waals surface area contributed by atoms with E-state index in [2.05, 4.69) is 0 Å². The van der Waals surface area contributed by atoms with Crippen molar-refractivity contribution in [3.8, 4) is 5.75 Å². The Labute approximate surface area is 65.7 Å². The Balaban J connectivity index is 3.26. The summed E-state index contributed by atoms with van der Waals surface area (Å²) in [6.07, 6.45) is 0. The molecule has 1 nitrogen and oxygen atoms in total. The largest absolute Gasteiger partial charge is 0.513 e. The van der Waals surface area contributed by atoms with Gasteiger partial charge in [0.25, 0.3) is 0 Å². The van der Waals surface area contributed by atoms with E-state index in [0.29, 0.717) is 6.07 Å². The maximum absolute atomic E-state index is 12.4. The lowest BCUT2D eigenvalue weighted by Gasteiger charge is -2.16. The summed E-state index contributed by atoms with van der Waals surface area (Å²) in [5.41, 5.74) is -1.30. The number of aromatic hydroxyl groups is 1. The van der Waals surface area contributed by atoms with E-state index in [0.717, 1.165) is 12.1 Å². The normalized spacial score (nSPS) is 11.7. The van der Waals surface area contributed by atoms with Gasteiger partial charge in [0, 0.05) is 0 Å². The van der Waals surface area contributed by atoms with Crippen LogP contribution in [0.2, 0.25) is 0 Å². The predicted molar refractivity (Wildman–Crippen MR) is 36.8 cm³/mol.